The van der Waals surface area contributed by atoms with Crippen molar-refractivity contribution >= 4 is 16.9 Å². The van der Waals surface area contributed by atoms with Crippen LogP contribution in [0.5, 0.6) is 0 Å². The minimum atomic E-state index is 0.0513. The van der Waals surface area contributed by atoms with Crippen molar-refractivity contribution in [2.75, 3.05) is 26.2 Å². The van der Waals surface area contributed by atoms with Gasteiger partial charge in [0.05, 0.1) is 29.4 Å². The van der Waals surface area contributed by atoms with E-state index in [1.165, 1.54) is 17.4 Å². The van der Waals surface area contributed by atoms with Crippen molar-refractivity contribution in [3.05, 3.63) is 53.2 Å². The summed E-state index contributed by atoms with van der Waals surface area (Å²) in [6.07, 6.45) is 4.02. The molecule has 136 valence electrons. The summed E-state index contributed by atoms with van der Waals surface area (Å²) in [5.74, 6) is 1.04. The van der Waals surface area contributed by atoms with Gasteiger partial charge in [0.2, 0.25) is 0 Å². The Hall–Kier alpha value is -2.60. The summed E-state index contributed by atoms with van der Waals surface area (Å²) in [6.45, 7) is 8.32. The number of fused-ring (bicyclic) bond motifs is 1. The van der Waals surface area contributed by atoms with Crippen LogP contribution in [0.4, 0.5) is 0 Å². The molecule has 1 fully saturated rings. The van der Waals surface area contributed by atoms with Gasteiger partial charge in [0.15, 0.2) is 0 Å². The first kappa shape index (κ1) is 16.8. The molecule has 0 radical (unpaired) electrons. The predicted molar refractivity (Wildman–Crippen MR) is 100 cm³/mol. The Balaban J connectivity index is 1.43. The lowest BCUT2D eigenvalue weighted by molar-refractivity contribution is 0.0760. The van der Waals surface area contributed by atoms with E-state index in [4.69, 9.17) is 9.40 Å². The van der Waals surface area contributed by atoms with Crippen LogP contribution in [0.2, 0.25) is 0 Å². The molecule has 6 nitrogen and oxygen atoms in total. The summed E-state index contributed by atoms with van der Waals surface area (Å²) in [7, 11) is 0. The fourth-order valence-corrected chi connectivity index (χ4v) is 3.55. The number of furan rings is 1. The number of rotatable bonds is 3. The molecule has 2 aromatic heterocycles. The SMILES string of the molecule is Cc1ccc2[nH]c(CN3CCCN(C(=O)c4ccoc4)CC3)nc2c1C. The molecule has 0 saturated carbocycles. The number of imidazole rings is 1. The Morgan fingerprint density at radius 3 is 2.88 bits per heavy atom. The standard InChI is InChI=1S/C20H24N4O2/c1-14-4-5-17-19(15(14)2)22-18(21-17)12-23-7-3-8-24(10-9-23)20(25)16-6-11-26-13-16/h4-6,11,13H,3,7-10,12H2,1-2H3,(H,21,22). The molecule has 0 spiro atoms. The smallest absolute Gasteiger partial charge is 0.257 e. The van der Waals surface area contributed by atoms with Gasteiger partial charge in [-0.1, -0.05) is 6.07 Å². The highest BCUT2D eigenvalue weighted by atomic mass is 16.3. The van der Waals surface area contributed by atoms with E-state index in [9.17, 15) is 4.79 Å². The maximum atomic E-state index is 12.5. The number of hydrogen-bond donors (Lipinski definition) is 1. The average Bonchev–Trinajstić information content (AvgIpc) is 3.25. The van der Waals surface area contributed by atoms with Gasteiger partial charge < -0.3 is 14.3 Å². The van der Waals surface area contributed by atoms with E-state index >= 15 is 0 Å². The molecule has 0 unspecified atom stereocenters. The molecular formula is C20H24N4O2. The highest BCUT2D eigenvalue weighted by molar-refractivity contribution is 5.93. The molecule has 1 N–H and O–H groups in total. The number of benzene rings is 1. The van der Waals surface area contributed by atoms with Gasteiger partial charge in [-0.15, -0.1) is 0 Å². The van der Waals surface area contributed by atoms with Gasteiger partial charge in [0, 0.05) is 26.2 Å². The van der Waals surface area contributed by atoms with E-state index in [0.29, 0.717) is 5.56 Å². The largest absolute Gasteiger partial charge is 0.472 e. The second-order valence-corrected chi connectivity index (χ2v) is 7.02. The van der Waals surface area contributed by atoms with E-state index in [1.54, 1.807) is 12.3 Å². The number of hydrogen-bond acceptors (Lipinski definition) is 4. The lowest BCUT2D eigenvalue weighted by Gasteiger charge is -2.21. The molecule has 1 amide bonds. The van der Waals surface area contributed by atoms with Crippen LogP contribution >= 0.6 is 0 Å². The number of H-pyrrole nitrogens is 1. The summed E-state index contributed by atoms with van der Waals surface area (Å²) >= 11 is 0. The number of aromatic nitrogens is 2. The van der Waals surface area contributed by atoms with Gasteiger partial charge in [0.1, 0.15) is 12.1 Å². The summed E-state index contributed by atoms with van der Waals surface area (Å²) in [5, 5.41) is 0. The first-order chi connectivity index (χ1) is 12.6. The highest BCUT2D eigenvalue weighted by Gasteiger charge is 2.21. The zero-order valence-electron chi connectivity index (χ0n) is 15.3. The zero-order valence-corrected chi connectivity index (χ0v) is 15.3. The molecule has 0 atom stereocenters. The normalized spacial score (nSPS) is 16.2. The maximum Gasteiger partial charge on any atom is 0.257 e. The Kier molecular flexibility index (Phi) is 4.51. The summed E-state index contributed by atoms with van der Waals surface area (Å²) in [6, 6.07) is 5.95. The summed E-state index contributed by atoms with van der Waals surface area (Å²) in [4.78, 5) is 25.0. The van der Waals surface area contributed by atoms with Crippen molar-refractivity contribution in [3.63, 3.8) is 0 Å². The van der Waals surface area contributed by atoms with E-state index in [1.807, 2.05) is 4.90 Å². The van der Waals surface area contributed by atoms with E-state index in [-0.39, 0.29) is 5.91 Å². The Labute approximate surface area is 152 Å². The highest BCUT2D eigenvalue weighted by Crippen LogP contribution is 2.20. The number of nitrogens with zero attached hydrogens (tertiary/aromatic N) is 3. The number of amides is 1. The molecule has 3 aromatic rings. The second-order valence-electron chi connectivity index (χ2n) is 7.02. The number of carbonyl (C=O) groups excluding carboxylic acids is 1. The summed E-state index contributed by atoms with van der Waals surface area (Å²) in [5.41, 5.74) is 5.28. The van der Waals surface area contributed by atoms with Crippen molar-refractivity contribution in [2.24, 2.45) is 0 Å². The van der Waals surface area contributed by atoms with E-state index in [0.717, 1.165) is 56.0 Å². The third kappa shape index (κ3) is 3.24. The molecule has 1 aliphatic rings. The molecule has 6 heteroatoms. The van der Waals surface area contributed by atoms with Crippen molar-refractivity contribution in [1.29, 1.82) is 0 Å². The van der Waals surface area contributed by atoms with Crippen LogP contribution in [-0.4, -0.2) is 51.9 Å². The number of aryl methyl sites for hydroxylation is 2. The molecule has 0 bridgehead atoms. The molecule has 1 saturated heterocycles. The fraction of sp³-hybridized carbons (Fsp3) is 0.400. The Morgan fingerprint density at radius 2 is 2.08 bits per heavy atom. The minimum Gasteiger partial charge on any atom is -0.472 e. The van der Waals surface area contributed by atoms with Crippen LogP contribution in [0.1, 0.15) is 33.7 Å². The van der Waals surface area contributed by atoms with Crippen molar-refractivity contribution in [3.8, 4) is 0 Å². The van der Waals surface area contributed by atoms with E-state index < -0.39 is 0 Å². The van der Waals surface area contributed by atoms with Gasteiger partial charge in [-0.3, -0.25) is 9.69 Å². The lowest BCUT2D eigenvalue weighted by atomic mass is 10.1. The minimum absolute atomic E-state index is 0.0513. The van der Waals surface area contributed by atoms with Crippen molar-refractivity contribution in [1.82, 2.24) is 19.8 Å². The molecule has 0 aliphatic carbocycles. The first-order valence-corrected chi connectivity index (χ1v) is 9.10. The predicted octanol–water partition coefficient (Wildman–Crippen LogP) is 3.12. The van der Waals surface area contributed by atoms with Crippen LogP contribution in [0.15, 0.2) is 35.1 Å². The number of carbonyl (C=O) groups is 1. The Bertz CT molecular complexity index is 913. The summed E-state index contributed by atoms with van der Waals surface area (Å²) < 4.78 is 5.03. The van der Waals surface area contributed by atoms with Crippen LogP contribution in [0, 0.1) is 13.8 Å². The molecular weight excluding hydrogens is 328 g/mol. The monoisotopic (exact) mass is 352 g/mol. The lowest BCUT2D eigenvalue weighted by Crippen LogP contribution is -2.35. The molecule has 1 aromatic carbocycles. The van der Waals surface area contributed by atoms with Gasteiger partial charge in [0.25, 0.3) is 5.91 Å². The van der Waals surface area contributed by atoms with E-state index in [2.05, 4.69) is 35.9 Å². The fourth-order valence-electron chi connectivity index (χ4n) is 3.55. The van der Waals surface area contributed by atoms with Crippen LogP contribution in [0.3, 0.4) is 0 Å². The first-order valence-electron chi connectivity index (χ1n) is 9.10. The van der Waals surface area contributed by atoms with Crippen LogP contribution in [-0.2, 0) is 6.54 Å². The van der Waals surface area contributed by atoms with Gasteiger partial charge in [-0.25, -0.2) is 4.98 Å². The number of aromatic amines is 1. The maximum absolute atomic E-state index is 12.5. The third-order valence-corrected chi connectivity index (χ3v) is 5.24. The third-order valence-electron chi connectivity index (χ3n) is 5.24. The zero-order chi connectivity index (χ0) is 18.1. The molecule has 4 rings (SSSR count). The van der Waals surface area contributed by atoms with Gasteiger partial charge in [-0.2, -0.15) is 0 Å². The van der Waals surface area contributed by atoms with Crippen molar-refractivity contribution < 1.29 is 9.21 Å². The number of nitrogens with one attached hydrogen (secondary N) is 1. The molecule has 1 aliphatic heterocycles. The average molecular weight is 352 g/mol. The van der Waals surface area contributed by atoms with Crippen molar-refractivity contribution in [2.45, 2.75) is 26.8 Å². The Morgan fingerprint density at radius 1 is 1.19 bits per heavy atom. The van der Waals surface area contributed by atoms with Crippen LogP contribution < -0.4 is 0 Å². The quantitative estimate of drug-likeness (QED) is 0.786. The van der Waals surface area contributed by atoms with Gasteiger partial charge in [-0.05, 0) is 43.5 Å². The van der Waals surface area contributed by atoms with Crippen LogP contribution in [0.25, 0.3) is 11.0 Å². The molecule has 26 heavy (non-hydrogen) atoms. The topological polar surface area (TPSA) is 65.4 Å². The molecule has 3 heterocycles. The van der Waals surface area contributed by atoms with Gasteiger partial charge >= 0.3 is 0 Å². The second kappa shape index (κ2) is 6.96.